The minimum absolute atomic E-state index is 0.0480. The standard InChI is InChI=1S/C19H20FN3O3/c1-3-25-19(26-4-2)12-7-5-11(6-8-12)18-22-15-10-13(20)9-14(17(21)24)16(15)23-18/h5-10,19H,3-4H2,1-2H3,(H2,21,24)(H,22,23). The third-order valence-electron chi connectivity index (χ3n) is 3.91. The molecule has 1 amide bonds. The highest BCUT2D eigenvalue weighted by Gasteiger charge is 2.16. The Kier molecular flexibility index (Phi) is 5.29. The molecule has 0 saturated carbocycles. The van der Waals surface area contributed by atoms with Crippen LogP contribution >= 0.6 is 0 Å². The number of rotatable bonds is 7. The van der Waals surface area contributed by atoms with Crippen molar-refractivity contribution in [1.82, 2.24) is 9.97 Å². The summed E-state index contributed by atoms with van der Waals surface area (Å²) in [6.45, 7) is 4.89. The number of nitrogens with one attached hydrogen (secondary N) is 1. The molecular weight excluding hydrogens is 337 g/mol. The summed E-state index contributed by atoms with van der Waals surface area (Å²) < 4.78 is 24.8. The minimum Gasteiger partial charge on any atom is -0.366 e. The van der Waals surface area contributed by atoms with Crippen molar-refractivity contribution in [3.63, 3.8) is 0 Å². The predicted molar refractivity (Wildman–Crippen MR) is 96.0 cm³/mol. The number of nitrogens with zero attached hydrogens (tertiary/aromatic N) is 1. The fourth-order valence-electron chi connectivity index (χ4n) is 2.75. The number of primary amides is 1. The molecule has 0 fully saturated rings. The van der Waals surface area contributed by atoms with Crippen LogP contribution in [0.3, 0.4) is 0 Å². The molecule has 3 N–H and O–H groups in total. The third kappa shape index (κ3) is 3.58. The van der Waals surface area contributed by atoms with Crippen LogP contribution < -0.4 is 5.73 Å². The number of carbonyl (C=O) groups is 1. The number of hydrogen-bond donors (Lipinski definition) is 2. The summed E-state index contributed by atoms with van der Waals surface area (Å²) in [5.41, 5.74) is 7.80. The molecule has 0 bridgehead atoms. The van der Waals surface area contributed by atoms with Gasteiger partial charge in [-0.2, -0.15) is 0 Å². The van der Waals surface area contributed by atoms with Crippen molar-refractivity contribution in [1.29, 1.82) is 0 Å². The Morgan fingerprint density at radius 1 is 1.19 bits per heavy atom. The van der Waals surface area contributed by atoms with Gasteiger partial charge < -0.3 is 20.2 Å². The molecule has 3 aromatic rings. The number of imidazole rings is 1. The monoisotopic (exact) mass is 357 g/mol. The number of H-pyrrole nitrogens is 1. The van der Waals surface area contributed by atoms with Gasteiger partial charge in [-0.25, -0.2) is 9.37 Å². The largest absolute Gasteiger partial charge is 0.366 e. The number of aromatic nitrogens is 2. The van der Waals surface area contributed by atoms with Crippen LogP contribution in [0.15, 0.2) is 36.4 Å². The van der Waals surface area contributed by atoms with E-state index in [-0.39, 0.29) is 5.56 Å². The van der Waals surface area contributed by atoms with Gasteiger partial charge in [-0.1, -0.05) is 24.3 Å². The van der Waals surface area contributed by atoms with Crippen molar-refractivity contribution in [2.45, 2.75) is 20.1 Å². The number of amides is 1. The fraction of sp³-hybridized carbons (Fsp3) is 0.263. The highest BCUT2D eigenvalue weighted by molar-refractivity contribution is 6.04. The highest BCUT2D eigenvalue weighted by Crippen LogP contribution is 2.26. The summed E-state index contributed by atoms with van der Waals surface area (Å²) >= 11 is 0. The Morgan fingerprint density at radius 2 is 1.85 bits per heavy atom. The van der Waals surface area contributed by atoms with Crippen molar-refractivity contribution in [2.24, 2.45) is 5.73 Å². The van der Waals surface area contributed by atoms with Crippen molar-refractivity contribution in [3.8, 4) is 11.4 Å². The molecule has 0 saturated heterocycles. The van der Waals surface area contributed by atoms with Crippen LogP contribution in [0.1, 0.15) is 36.1 Å². The molecule has 136 valence electrons. The Balaban J connectivity index is 1.96. The third-order valence-corrected chi connectivity index (χ3v) is 3.91. The second-order valence-corrected chi connectivity index (χ2v) is 5.66. The molecule has 0 radical (unpaired) electrons. The maximum atomic E-state index is 13.7. The van der Waals surface area contributed by atoms with Gasteiger partial charge in [0, 0.05) is 24.3 Å². The molecule has 0 spiro atoms. The van der Waals surface area contributed by atoms with Crippen LogP contribution in [0.4, 0.5) is 4.39 Å². The molecule has 2 aromatic carbocycles. The minimum atomic E-state index is -0.723. The van der Waals surface area contributed by atoms with Crippen LogP contribution in [-0.4, -0.2) is 29.1 Å². The molecule has 0 aliphatic heterocycles. The van der Waals surface area contributed by atoms with Crippen molar-refractivity contribution >= 4 is 16.9 Å². The Labute approximate surface area is 150 Å². The van der Waals surface area contributed by atoms with Gasteiger partial charge in [0.05, 0.1) is 11.1 Å². The number of nitrogens with two attached hydrogens (primary N) is 1. The molecule has 0 atom stereocenters. The van der Waals surface area contributed by atoms with Crippen molar-refractivity contribution < 1.29 is 18.7 Å². The van der Waals surface area contributed by atoms with Gasteiger partial charge in [0.1, 0.15) is 17.2 Å². The van der Waals surface area contributed by atoms with Crippen LogP contribution in [0.2, 0.25) is 0 Å². The topological polar surface area (TPSA) is 90.2 Å². The molecule has 0 aliphatic rings. The van der Waals surface area contributed by atoms with E-state index in [1.165, 1.54) is 6.07 Å². The normalized spacial score (nSPS) is 11.4. The lowest BCUT2D eigenvalue weighted by Crippen LogP contribution is -2.11. The van der Waals surface area contributed by atoms with Gasteiger partial charge in [-0.05, 0) is 26.0 Å². The maximum absolute atomic E-state index is 13.7. The van der Waals surface area contributed by atoms with Gasteiger partial charge in [-0.3, -0.25) is 4.79 Å². The summed E-state index contributed by atoms with van der Waals surface area (Å²) in [6.07, 6.45) is -0.426. The van der Waals surface area contributed by atoms with Crippen molar-refractivity contribution in [3.05, 3.63) is 53.3 Å². The molecule has 1 heterocycles. The van der Waals surface area contributed by atoms with E-state index in [0.29, 0.717) is 30.1 Å². The van der Waals surface area contributed by atoms with Gasteiger partial charge in [0.15, 0.2) is 6.29 Å². The first kappa shape index (κ1) is 18.0. The number of fused-ring (bicyclic) bond motifs is 1. The molecule has 0 aliphatic carbocycles. The van der Waals surface area contributed by atoms with Gasteiger partial charge in [-0.15, -0.1) is 0 Å². The number of carbonyl (C=O) groups excluding carboxylic acids is 1. The number of benzene rings is 2. The second kappa shape index (κ2) is 7.63. The zero-order valence-corrected chi connectivity index (χ0v) is 14.6. The quantitative estimate of drug-likeness (QED) is 0.633. The number of halogens is 1. The van der Waals surface area contributed by atoms with E-state index in [4.69, 9.17) is 15.2 Å². The average Bonchev–Trinajstić information content (AvgIpc) is 3.04. The van der Waals surface area contributed by atoms with E-state index in [0.717, 1.165) is 17.2 Å². The Hall–Kier alpha value is -2.77. The molecule has 6 nitrogen and oxygen atoms in total. The van der Waals surface area contributed by atoms with Crippen molar-refractivity contribution in [2.75, 3.05) is 13.2 Å². The first-order chi connectivity index (χ1) is 12.5. The Bertz CT molecular complexity index is 916. The number of aromatic amines is 1. The summed E-state index contributed by atoms with van der Waals surface area (Å²) in [7, 11) is 0. The lowest BCUT2D eigenvalue weighted by Gasteiger charge is -2.17. The van der Waals surface area contributed by atoms with Crippen LogP contribution in [0.5, 0.6) is 0 Å². The van der Waals surface area contributed by atoms with Gasteiger partial charge >= 0.3 is 0 Å². The summed E-state index contributed by atoms with van der Waals surface area (Å²) in [5.74, 6) is -0.753. The van der Waals surface area contributed by atoms with E-state index >= 15 is 0 Å². The van der Waals surface area contributed by atoms with Gasteiger partial charge in [0.25, 0.3) is 5.91 Å². The maximum Gasteiger partial charge on any atom is 0.251 e. The molecular formula is C19H20FN3O3. The molecule has 1 aromatic heterocycles. The zero-order chi connectivity index (χ0) is 18.7. The molecule has 0 unspecified atom stereocenters. The highest BCUT2D eigenvalue weighted by atomic mass is 19.1. The van der Waals surface area contributed by atoms with E-state index in [1.807, 2.05) is 38.1 Å². The smallest absolute Gasteiger partial charge is 0.251 e. The first-order valence-corrected chi connectivity index (χ1v) is 8.36. The van der Waals surface area contributed by atoms with Crippen LogP contribution in [0.25, 0.3) is 22.4 Å². The van der Waals surface area contributed by atoms with E-state index in [2.05, 4.69) is 9.97 Å². The van der Waals surface area contributed by atoms with Crippen LogP contribution in [0, 0.1) is 5.82 Å². The predicted octanol–water partition coefficient (Wildman–Crippen LogP) is 3.54. The molecule has 3 rings (SSSR count). The number of hydrogen-bond acceptors (Lipinski definition) is 4. The van der Waals surface area contributed by atoms with E-state index in [1.54, 1.807) is 0 Å². The summed E-state index contributed by atoms with van der Waals surface area (Å²) in [4.78, 5) is 19.0. The second-order valence-electron chi connectivity index (χ2n) is 5.66. The van der Waals surface area contributed by atoms with Crippen LogP contribution in [-0.2, 0) is 9.47 Å². The van der Waals surface area contributed by atoms with Gasteiger partial charge in [0.2, 0.25) is 0 Å². The lowest BCUT2D eigenvalue weighted by molar-refractivity contribution is -0.140. The lowest BCUT2D eigenvalue weighted by atomic mass is 10.1. The zero-order valence-electron chi connectivity index (χ0n) is 14.6. The summed E-state index contributed by atoms with van der Waals surface area (Å²) in [6, 6.07) is 9.86. The molecule has 7 heteroatoms. The van der Waals surface area contributed by atoms with E-state index < -0.39 is 18.0 Å². The average molecular weight is 357 g/mol. The number of ether oxygens (including phenoxy) is 2. The molecule has 26 heavy (non-hydrogen) atoms. The Morgan fingerprint density at radius 3 is 2.42 bits per heavy atom. The fourth-order valence-corrected chi connectivity index (χ4v) is 2.75. The van der Waals surface area contributed by atoms with E-state index in [9.17, 15) is 9.18 Å². The summed E-state index contributed by atoms with van der Waals surface area (Å²) in [5, 5.41) is 0. The SMILES string of the molecule is CCOC(OCC)c1ccc(-c2nc3c(C(N)=O)cc(F)cc3[nH]2)cc1. The first-order valence-electron chi connectivity index (χ1n) is 8.36.